The van der Waals surface area contributed by atoms with Crippen LogP contribution in [0, 0.1) is 0 Å². The molecule has 3 aromatic rings. The summed E-state index contributed by atoms with van der Waals surface area (Å²) in [6.45, 7) is 2.19. The zero-order chi connectivity index (χ0) is 18.7. The van der Waals surface area contributed by atoms with E-state index >= 15 is 0 Å². The van der Waals surface area contributed by atoms with Crippen LogP contribution in [0.1, 0.15) is 33.3 Å². The maximum atomic E-state index is 12.4. The lowest BCUT2D eigenvalue weighted by Gasteiger charge is -2.10. The lowest BCUT2D eigenvalue weighted by molar-refractivity contribution is 0.0942. The van der Waals surface area contributed by atoms with Crippen molar-refractivity contribution in [2.75, 3.05) is 12.8 Å². The van der Waals surface area contributed by atoms with Crippen molar-refractivity contribution in [3.63, 3.8) is 0 Å². The average molecular weight is 393 g/mol. The third kappa shape index (κ3) is 4.69. The summed E-state index contributed by atoms with van der Waals surface area (Å²) in [4.78, 5) is 21.7. The Morgan fingerprint density at radius 3 is 2.77 bits per heavy atom. The average Bonchev–Trinajstić information content (AvgIpc) is 3.20. The molecule has 1 amide bonds. The van der Waals surface area contributed by atoms with E-state index in [1.807, 2.05) is 37.3 Å². The molecule has 0 aliphatic heterocycles. The summed E-state index contributed by atoms with van der Waals surface area (Å²) in [5, 5.41) is 2.93. The van der Waals surface area contributed by atoms with Crippen molar-refractivity contribution in [1.29, 1.82) is 0 Å². The largest absolute Gasteiger partial charge is 0.342 e. The van der Waals surface area contributed by atoms with Gasteiger partial charge in [-0.05, 0) is 37.6 Å². The van der Waals surface area contributed by atoms with Crippen LogP contribution < -0.4 is 10.0 Å². The lowest BCUT2D eigenvalue weighted by Crippen LogP contribution is -2.26. The number of hydrogen-bond donors (Lipinski definition) is 3. The fourth-order valence-electron chi connectivity index (χ4n) is 2.51. The molecule has 1 atom stereocenters. The van der Waals surface area contributed by atoms with Gasteiger partial charge in [0.2, 0.25) is 10.0 Å². The Balaban J connectivity index is 1.60. The first kappa shape index (κ1) is 18.6. The normalized spacial score (nSPS) is 13.0. The molecule has 0 saturated heterocycles. The highest BCUT2D eigenvalue weighted by Gasteiger charge is 2.16. The van der Waals surface area contributed by atoms with Crippen LogP contribution in [0.2, 0.25) is 0 Å². The molecule has 7 nitrogen and oxygen atoms in total. The van der Waals surface area contributed by atoms with Gasteiger partial charge in [-0.25, -0.2) is 18.1 Å². The number of imidazole rings is 1. The van der Waals surface area contributed by atoms with Crippen molar-refractivity contribution in [1.82, 2.24) is 20.0 Å². The number of hydrogen-bond acceptors (Lipinski definition) is 5. The molecule has 9 heteroatoms. The summed E-state index contributed by atoms with van der Waals surface area (Å²) in [5.41, 5.74) is 1.79. The molecule has 2 heterocycles. The quantitative estimate of drug-likeness (QED) is 0.573. The second-order valence-electron chi connectivity index (χ2n) is 6.02. The van der Waals surface area contributed by atoms with Crippen LogP contribution in [0.4, 0.5) is 0 Å². The van der Waals surface area contributed by atoms with Gasteiger partial charge in [0.25, 0.3) is 5.91 Å². The number of H-pyrrole nitrogens is 1. The predicted molar refractivity (Wildman–Crippen MR) is 103 cm³/mol. The molecule has 0 unspecified atom stereocenters. The highest BCUT2D eigenvalue weighted by Crippen LogP contribution is 2.19. The van der Waals surface area contributed by atoms with Crippen molar-refractivity contribution in [3.05, 3.63) is 52.0 Å². The van der Waals surface area contributed by atoms with Crippen LogP contribution in [0.25, 0.3) is 11.0 Å². The number of carbonyl (C=O) groups is 1. The number of benzene rings is 1. The van der Waals surface area contributed by atoms with E-state index in [1.165, 1.54) is 11.3 Å². The Labute approximate surface area is 155 Å². The van der Waals surface area contributed by atoms with Gasteiger partial charge < -0.3 is 10.3 Å². The number of fused-ring (bicyclic) bond motifs is 1. The van der Waals surface area contributed by atoms with Gasteiger partial charge in [-0.2, -0.15) is 0 Å². The SMILES string of the molecule is C[C@@H](NC(=O)c1ccc(CCNS(C)(=O)=O)s1)c1nc2ccccc2[nH]1. The van der Waals surface area contributed by atoms with Gasteiger partial charge in [0, 0.05) is 11.4 Å². The van der Waals surface area contributed by atoms with E-state index in [4.69, 9.17) is 0 Å². The smallest absolute Gasteiger partial charge is 0.261 e. The van der Waals surface area contributed by atoms with E-state index < -0.39 is 10.0 Å². The van der Waals surface area contributed by atoms with Gasteiger partial charge in [0.15, 0.2) is 0 Å². The van der Waals surface area contributed by atoms with Gasteiger partial charge in [-0.1, -0.05) is 12.1 Å². The Hall–Kier alpha value is -2.23. The van der Waals surface area contributed by atoms with Crippen LogP contribution in [-0.4, -0.2) is 37.1 Å². The molecule has 0 aliphatic rings. The summed E-state index contributed by atoms with van der Waals surface area (Å²) in [6, 6.07) is 11.0. The molecule has 3 rings (SSSR count). The minimum absolute atomic E-state index is 0.176. The standard InChI is InChI=1S/C17H20N4O3S2/c1-11(16-20-13-5-3-4-6-14(13)21-16)19-17(22)15-8-7-12(25-15)9-10-18-26(2,23)24/h3-8,11,18H,9-10H2,1-2H3,(H,19,22)(H,20,21)/t11-/m1/s1. The number of aromatic nitrogens is 2. The molecule has 0 spiro atoms. The second kappa shape index (κ2) is 7.56. The first-order valence-electron chi connectivity index (χ1n) is 8.11. The van der Waals surface area contributed by atoms with Crippen molar-refractivity contribution in [2.45, 2.75) is 19.4 Å². The Morgan fingerprint density at radius 1 is 1.27 bits per heavy atom. The zero-order valence-electron chi connectivity index (χ0n) is 14.4. The number of rotatable bonds is 7. The molecule has 0 aliphatic carbocycles. The monoisotopic (exact) mass is 392 g/mol. The van der Waals surface area contributed by atoms with E-state index in [0.29, 0.717) is 23.7 Å². The van der Waals surface area contributed by atoms with Crippen molar-refractivity contribution in [2.24, 2.45) is 0 Å². The van der Waals surface area contributed by atoms with Crippen molar-refractivity contribution < 1.29 is 13.2 Å². The Bertz CT molecular complexity index is 990. The number of aromatic amines is 1. The van der Waals surface area contributed by atoms with Gasteiger partial charge in [0.05, 0.1) is 28.2 Å². The molecule has 1 aromatic carbocycles. The highest BCUT2D eigenvalue weighted by atomic mass is 32.2. The minimum atomic E-state index is -3.20. The predicted octanol–water partition coefficient (Wildman–Crippen LogP) is 2.21. The number of amides is 1. The Morgan fingerprint density at radius 2 is 2.04 bits per heavy atom. The Kier molecular flexibility index (Phi) is 5.40. The third-order valence-electron chi connectivity index (χ3n) is 3.79. The van der Waals surface area contributed by atoms with Gasteiger partial charge in [-0.15, -0.1) is 11.3 Å². The lowest BCUT2D eigenvalue weighted by atomic mass is 10.3. The van der Waals surface area contributed by atoms with Crippen LogP contribution in [-0.2, 0) is 16.4 Å². The number of sulfonamides is 1. The molecule has 0 bridgehead atoms. The van der Waals surface area contributed by atoms with E-state index in [-0.39, 0.29) is 11.9 Å². The molecule has 2 aromatic heterocycles. The summed E-state index contributed by atoms with van der Waals surface area (Å²) < 4.78 is 24.6. The van der Waals surface area contributed by atoms with Crippen LogP contribution in [0.15, 0.2) is 36.4 Å². The van der Waals surface area contributed by atoms with Gasteiger partial charge in [-0.3, -0.25) is 4.79 Å². The van der Waals surface area contributed by atoms with Crippen LogP contribution >= 0.6 is 11.3 Å². The third-order valence-corrected chi connectivity index (χ3v) is 5.66. The number of para-hydroxylation sites is 2. The first-order chi connectivity index (χ1) is 12.3. The molecule has 0 radical (unpaired) electrons. The zero-order valence-corrected chi connectivity index (χ0v) is 16.1. The second-order valence-corrected chi connectivity index (χ2v) is 9.02. The molecular formula is C17H20N4O3S2. The number of carbonyl (C=O) groups excluding carboxylic acids is 1. The molecular weight excluding hydrogens is 372 g/mol. The summed E-state index contributed by atoms with van der Waals surface area (Å²) in [6.07, 6.45) is 1.67. The topological polar surface area (TPSA) is 104 Å². The first-order valence-corrected chi connectivity index (χ1v) is 10.8. The van der Waals surface area contributed by atoms with Crippen LogP contribution in [0.5, 0.6) is 0 Å². The van der Waals surface area contributed by atoms with E-state index in [2.05, 4.69) is 20.0 Å². The number of thiophene rings is 1. The molecule has 26 heavy (non-hydrogen) atoms. The van der Waals surface area contributed by atoms with E-state index in [1.54, 1.807) is 6.07 Å². The summed E-state index contributed by atoms with van der Waals surface area (Å²) in [5.74, 6) is 0.527. The molecule has 138 valence electrons. The molecule has 0 saturated carbocycles. The summed E-state index contributed by atoms with van der Waals surface area (Å²) >= 11 is 1.36. The maximum absolute atomic E-state index is 12.4. The van der Waals surface area contributed by atoms with E-state index in [0.717, 1.165) is 22.2 Å². The fraction of sp³-hybridized carbons (Fsp3) is 0.294. The minimum Gasteiger partial charge on any atom is -0.342 e. The van der Waals surface area contributed by atoms with Gasteiger partial charge in [0.1, 0.15) is 5.82 Å². The fourth-order valence-corrected chi connectivity index (χ4v) is 3.89. The molecule has 3 N–H and O–H groups in total. The highest BCUT2D eigenvalue weighted by molar-refractivity contribution is 7.88. The number of nitrogens with zero attached hydrogens (tertiary/aromatic N) is 1. The van der Waals surface area contributed by atoms with Gasteiger partial charge >= 0.3 is 0 Å². The summed E-state index contributed by atoms with van der Waals surface area (Å²) in [7, 11) is -3.20. The van der Waals surface area contributed by atoms with Crippen molar-refractivity contribution in [3.8, 4) is 0 Å². The number of nitrogens with one attached hydrogen (secondary N) is 3. The van der Waals surface area contributed by atoms with Crippen molar-refractivity contribution >= 4 is 38.3 Å². The van der Waals surface area contributed by atoms with Crippen LogP contribution in [0.3, 0.4) is 0 Å². The maximum Gasteiger partial charge on any atom is 0.261 e. The molecule has 0 fully saturated rings. The van der Waals surface area contributed by atoms with E-state index in [9.17, 15) is 13.2 Å².